The van der Waals surface area contributed by atoms with E-state index in [0.29, 0.717) is 10.9 Å². The van der Waals surface area contributed by atoms with Gasteiger partial charge in [0.05, 0.1) is 0 Å². The Bertz CT molecular complexity index is 1000. The number of hydrogen-bond donors (Lipinski definition) is 2. The molecule has 0 saturated carbocycles. The zero-order valence-electron chi connectivity index (χ0n) is 15.1. The van der Waals surface area contributed by atoms with Gasteiger partial charge in [-0.15, -0.1) is 0 Å². The van der Waals surface area contributed by atoms with Crippen LogP contribution in [0.3, 0.4) is 0 Å². The van der Waals surface area contributed by atoms with Crippen LogP contribution in [-0.4, -0.2) is 23.0 Å². The number of aliphatic carboxylic acids is 1. The van der Waals surface area contributed by atoms with Crippen molar-refractivity contribution < 1.29 is 23.5 Å². The summed E-state index contributed by atoms with van der Waals surface area (Å²) in [5, 5.41) is 12.3. The molecule has 3 rings (SSSR count). The first kappa shape index (κ1) is 19.5. The number of carbonyl (C=O) groups is 2. The molecule has 2 N–H and O–H groups in total. The number of nitrogens with one attached hydrogen (secondary N) is 1. The lowest BCUT2D eigenvalue weighted by Crippen LogP contribution is -2.49. The van der Waals surface area contributed by atoms with Gasteiger partial charge in [0.2, 0.25) is 0 Å². The summed E-state index contributed by atoms with van der Waals surface area (Å²) in [5.74, 6) is -7.59. The number of carboxylic acid groups (broad SMARTS) is 1. The van der Waals surface area contributed by atoms with Gasteiger partial charge in [-0.2, -0.15) is 8.78 Å². The molecule has 144 valence electrons. The molecular weight excluding hydrogens is 364 g/mol. The van der Waals surface area contributed by atoms with Crippen molar-refractivity contribution in [2.75, 3.05) is 0 Å². The maximum absolute atomic E-state index is 15.0. The molecule has 1 amide bonds. The Hall–Kier alpha value is -3.28. The molecule has 2 atom stereocenters. The SMILES string of the molecule is CC(c1ccccc1)C(NC(=O)C(F)(F)c1cccc2ccccc12)C(=O)O. The van der Waals surface area contributed by atoms with Crippen molar-refractivity contribution in [1.29, 1.82) is 0 Å². The first-order chi connectivity index (χ1) is 13.3. The van der Waals surface area contributed by atoms with Crippen LogP contribution >= 0.6 is 0 Å². The Morgan fingerprint density at radius 2 is 1.54 bits per heavy atom. The standard InChI is InChI=1S/C22H19F2NO3/c1-14(15-8-3-2-4-9-15)19(20(26)27)25-21(28)22(23,24)18-13-7-11-16-10-5-6-12-17(16)18/h2-14,19H,1H3,(H,25,28)(H,26,27). The number of fused-ring (bicyclic) bond motifs is 1. The second kappa shape index (κ2) is 7.76. The van der Waals surface area contributed by atoms with Gasteiger partial charge in [-0.1, -0.05) is 79.7 Å². The molecule has 0 saturated heterocycles. The third-order valence-electron chi connectivity index (χ3n) is 4.79. The van der Waals surface area contributed by atoms with Crippen LogP contribution in [0.1, 0.15) is 24.0 Å². The average molecular weight is 383 g/mol. The van der Waals surface area contributed by atoms with Crippen LogP contribution in [0.5, 0.6) is 0 Å². The van der Waals surface area contributed by atoms with E-state index in [1.165, 1.54) is 18.2 Å². The van der Waals surface area contributed by atoms with E-state index in [0.717, 1.165) is 0 Å². The van der Waals surface area contributed by atoms with Crippen molar-refractivity contribution in [3.63, 3.8) is 0 Å². The molecule has 4 nitrogen and oxygen atoms in total. The minimum absolute atomic E-state index is 0.244. The van der Waals surface area contributed by atoms with Gasteiger partial charge in [0, 0.05) is 11.5 Å². The molecule has 28 heavy (non-hydrogen) atoms. The predicted molar refractivity (Wildman–Crippen MR) is 102 cm³/mol. The van der Waals surface area contributed by atoms with Crippen LogP contribution in [0, 0.1) is 0 Å². The van der Waals surface area contributed by atoms with Crippen LogP contribution in [0.2, 0.25) is 0 Å². The number of hydrogen-bond acceptors (Lipinski definition) is 2. The normalized spacial score (nSPS) is 13.7. The summed E-state index contributed by atoms with van der Waals surface area (Å²) < 4.78 is 29.9. The van der Waals surface area contributed by atoms with Gasteiger partial charge in [0.1, 0.15) is 6.04 Å². The zero-order valence-corrected chi connectivity index (χ0v) is 15.1. The lowest BCUT2D eigenvalue weighted by atomic mass is 9.92. The second-order valence-corrected chi connectivity index (χ2v) is 6.59. The van der Waals surface area contributed by atoms with Gasteiger partial charge in [0.25, 0.3) is 5.91 Å². The van der Waals surface area contributed by atoms with E-state index in [4.69, 9.17) is 0 Å². The number of rotatable bonds is 6. The smallest absolute Gasteiger partial charge is 0.350 e. The van der Waals surface area contributed by atoms with Crippen LogP contribution < -0.4 is 5.32 Å². The fourth-order valence-electron chi connectivity index (χ4n) is 3.20. The van der Waals surface area contributed by atoms with Crippen molar-refractivity contribution in [2.24, 2.45) is 0 Å². The molecule has 0 fully saturated rings. The minimum atomic E-state index is -3.88. The topological polar surface area (TPSA) is 66.4 Å². The summed E-state index contributed by atoms with van der Waals surface area (Å²) in [6.45, 7) is 1.57. The van der Waals surface area contributed by atoms with Gasteiger partial charge in [-0.3, -0.25) is 4.79 Å². The molecule has 2 unspecified atom stereocenters. The number of halogens is 2. The lowest BCUT2D eigenvalue weighted by Gasteiger charge is -2.25. The molecule has 0 aliphatic rings. The summed E-state index contributed by atoms with van der Waals surface area (Å²) in [4.78, 5) is 24.1. The highest BCUT2D eigenvalue weighted by Crippen LogP contribution is 2.34. The Kier molecular flexibility index (Phi) is 5.40. The Morgan fingerprint density at radius 3 is 2.21 bits per heavy atom. The highest BCUT2D eigenvalue weighted by Gasteiger charge is 2.44. The summed E-state index contributed by atoms with van der Waals surface area (Å²) in [7, 11) is 0. The molecule has 6 heteroatoms. The third-order valence-corrected chi connectivity index (χ3v) is 4.79. The van der Waals surface area contributed by atoms with E-state index in [2.05, 4.69) is 0 Å². The summed E-state index contributed by atoms with van der Waals surface area (Å²) >= 11 is 0. The van der Waals surface area contributed by atoms with Gasteiger partial charge >= 0.3 is 11.9 Å². The molecule has 0 aliphatic carbocycles. The van der Waals surface area contributed by atoms with E-state index < -0.39 is 35.3 Å². The zero-order chi connectivity index (χ0) is 20.3. The maximum atomic E-state index is 15.0. The second-order valence-electron chi connectivity index (χ2n) is 6.59. The largest absolute Gasteiger partial charge is 0.480 e. The van der Waals surface area contributed by atoms with Crippen LogP contribution in [0.15, 0.2) is 72.8 Å². The summed E-state index contributed by atoms with van der Waals surface area (Å²) in [6.07, 6.45) is 0. The highest BCUT2D eigenvalue weighted by molar-refractivity contribution is 5.95. The number of amides is 1. The minimum Gasteiger partial charge on any atom is -0.480 e. The van der Waals surface area contributed by atoms with Gasteiger partial charge < -0.3 is 10.4 Å². The van der Waals surface area contributed by atoms with Crippen LogP contribution in [0.25, 0.3) is 10.8 Å². The van der Waals surface area contributed by atoms with E-state index in [9.17, 15) is 23.5 Å². The Morgan fingerprint density at radius 1 is 0.929 bits per heavy atom. The maximum Gasteiger partial charge on any atom is 0.350 e. The molecule has 0 radical (unpaired) electrons. The third kappa shape index (κ3) is 3.71. The first-order valence-corrected chi connectivity index (χ1v) is 8.77. The average Bonchev–Trinajstić information content (AvgIpc) is 2.71. The molecule has 0 spiro atoms. The van der Waals surface area contributed by atoms with Gasteiger partial charge in [0.15, 0.2) is 0 Å². The van der Waals surface area contributed by atoms with E-state index in [1.807, 2.05) is 5.32 Å². The monoisotopic (exact) mass is 383 g/mol. The van der Waals surface area contributed by atoms with Crippen LogP contribution in [0.4, 0.5) is 8.78 Å². The molecule has 0 aromatic heterocycles. The predicted octanol–water partition coefficient (Wildman–Crippen LogP) is 4.30. The highest BCUT2D eigenvalue weighted by atomic mass is 19.3. The lowest BCUT2D eigenvalue weighted by molar-refractivity contribution is -0.152. The number of benzene rings is 3. The number of carbonyl (C=O) groups excluding carboxylic acids is 1. The van der Waals surface area contributed by atoms with E-state index >= 15 is 0 Å². The van der Waals surface area contributed by atoms with Crippen molar-refractivity contribution in [2.45, 2.75) is 24.8 Å². The van der Waals surface area contributed by atoms with Gasteiger partial charge in [-0.05, 0) is 16.3 Å². The Balaban J connectivity index is 1.91. The summed E-state index contributed by atoms with van der Waals surface area (Å²) in [5.41, 5.74) is 0.170. The molecule has 3 aromatic carbocycles. The van der Waals surface area contributed by atoms with Gasteiger partial charge in [-0.25, -0.2) is 4.79 Å². The number of carboxylic acids is 1. The quantitative estimate of drug-likeness (QED) is 0.667. The fraction of sp³-hybridized carbons (Fsp3) is 0.182. The first-order valence-electron chi connectivity index (χ1n) is 8.77. The van der Waals surface area contributed by atoms with Crippen molar-refractivity contribution in [3.8, 4) is 0 Å². The van der Waals surface area contributed by atoms with E-state index in [-0.39, 0.29) is 5.39 Å². The number of alkyl halides is 2. The molecule has 3 aromatic rings. The van der Waals surface area contributed by atoms with Crippen molar-refractivity contribution >= 4 is 22.6 Å². The van der Waals surface area contributed by atoms with Crippen molar-refractivity contribution in [1.82, 2.24) is 5.32 Å². The fourth-order valence-corrected chi connectivity index (χ4v) is 3.20. The summed E-state index contributed by atoms with van der Waals surface area (Å²) in [6, 6.07) is 17.9. The molecule has 0 heterocycles. The molecule has 0 aliphatic heterocycles. The molecule has 0 bridgehead atoms. The Labute approximate surface area is 160 Å². The molecular formula is C22H19F2NO3. The van der Waals surface area contributed by atoms with E-state index in [1.54, 1.807) is 61.5 Å². The van der Waals surface area contributed by atoms with Crippen molar-refractivity contribution in [3.05, 3.63) is 83.9 Å². The van der Waals surface area contributed by atoms with Crippen LogP contribution in [-0.2, 0) is 15.5 Å².